The monoisotopic (exact) mass is 275 g/mol. The number of thioether (sulfide) groups is 1. The van der Waals surface area contributed by atoms with Gasteiger partial charge in [-0.2, -0.15) is 11.8 Å². The first-order chi connectivity index (χ1) is 8.47. The average Bonchev–Trinajstić information content (AvgIpc) is 2.28. The second-order valence-corrected chi connectivity index (χ2v) is 5.31. The smallest absolute Gasteiger partial charge is 0.131 e. The Hall–Kier alpha value is -0.650. The minimum absolute atomic E-state index is 0.208. The maximum Gasteiger partial charge on any atom is 0.131 e. The van der Waals surface area contributed by atoms with E-state index in [-0.39, 0.29) is 18.2 Å². The summed E-state index contributed by atoms with van der Waals surface area (Å²) >= 11 is 1.70. The van der Waals surface area contributed by atoms with Gasteiger partial charge < -0.3 is 5.11 Å². The van der Waals surface area contributed by atoms with E-state index < -0.39 is 17.7 Å². The molecule has 0 bridgehead atoms. The summed E-state index contributed by atoms with van der Waals surface area (Å²) < 4.78 is 27.0. The summed E-state index contributed by atoms with van der Waals surface area (Å²) in [5, 5.41) is 9.94. The maximum absolute atomic E-state index is 13.5. The van der Waals surface area contributed by atoms with Gasteiger partial charge in [0.15, 0.2) is 0 Å². The number of benzene rings is 1. The Balaban J connectivity index is 2.73. The van der Waals surface area contributed by atoms with E-state index >= 15 is 0 Å². The first-order valence-corrected chi connectivity index (χ1v) is 7.18. The average molecular weight is 275 g/mol. The standard InChI is InChI=1S/C13H19F2NOS/c1-9(8-18-3)16(2)7-12(17)13-10(14)5-4-6-11(13)15/h4-6,9,12,17H,7-8H2,1-3H3. The van der Waals surface area contributed by atoms with Gasteiger partial charge in [0, 0.05) is 18.3 Å². The van der Waals surface area contributed by atoms with Gasteiger partial charge in [-0.3, -0.25) is 4.90 Å². The van der Waals surface area contributed by atoms with Crippen LogP contribution in [0.3, 0.4) is 0 Å². The Morgan fingerprint density at radius 2 is 1.89 bits per heavy atom. The Bertz CT molecular complexity index is 369. The third kappa shape index (κ3) is 3.93. The van der Waals surface area contributed by atoms with Crippen LogP contribution in [0.2, 0.25) is 0 Å². The minimum Gasteiger partial charge on any atom is -0.387 e. The molecule has 1 rings (SSSR count). The van der Waals surface area contributed by atoms with Gasteiger partial charge >= 0.3 is 0 Å². The zero-order valence-corrected chi connectivity index (χ0v) is 11.7. The predicted molar refractivity (Wildman–Crippen MR) is 71.8 cm³/mol. The van der Waals surface area contributed by atoms with Crippen molar-refractivity contribution in [2.75, 3.05) is 25.6 Å². The van der Waals surface area contributed by atoms with Crippen molar-refractivity contribution in [3.63, 3.8) is 0 Å². The molecule has 0 heterocycles. The molecule has 2 nitrogen and oxygen atoms in total. The zero-order valence-electron chi connectivity index (χ0n) is 10.9. The largest absolute Gasteiger partial charge is 0.387 e. The highest BCUT2D eigenvalue weighted by molar-refractivity contribution is 7.98. The Morgan fingerprint density at radius 3 is 2.39 bits per heavy atom. The van der Waals surface area contributed by atoms with Crippen LogP contribution in [-0.4, -0.2) is 41.6 Å². The molecule has 0 aliphatic carbocycles. The van der Waals surface area contributed by atoms with Gasteiger partial charge in [-0.05, 0) is 32.4 Å². The van der Waals surface area contributed by atoms with Gasteiger partial charge in [-0.15, -0.1) is 0 Å². The van der Waals surface area contributed by atoms with Gasteiger partial charge in [0.1, 0.15) is 11.6 Å². The van der Waals surface area contributed by atoms with Gasteiger partial charge in [0.2, 0.25) is 0 Å². The Morgan fingerprint density at radius 1 is 1.33 bits per heavy atom. The van der Waals surface area contributed by atoms with Gasteiger partial charge in [-0.25, -0.2) is 8.78 Å². The summed E-state index contributed by atoms with van der Waals surface area (Å²) in [5.41, 5.74) is -0.249. The number of halogens is 2. The normalized spacial score (nSPS) is 14.8. The van der Waals surface area contributed by atoms with E-state index in [4.69, 9.17) is 0 Å². The third-order valence-corrected chi connectivity index (χ3v) is 3.77. The predicted octanol–water partition coefficient (Wildman–Crippen LogP) is 2.68. The SMILES string of the molecule is CSCC(C)N(C)CC(O)c1c(F)cccc1F. The molecule has 0 saturated heterocycles. The fraction of sp³-hybridized carbons (Fsp3) is 0.538. The fourth-order valence-electron chi connectivity index (χ4n) is 1.74. The van der Waals surface area contributed by atoms with Crippen LogP contribution in [0.15, 0.2) is 18.2 Å². The van der Waals surface area contributed by atoms with Crippen molar-refractivity contribution in [1.29, 1.82) is 0 Å². The lowest BCUT2D eigenvalue weighted by molar-refractivity contribution is 0.107. The van der Waals surface area contributed by atoms with Crippen molar-refractivity contribution < 1.29 is 13.9 Å². The van der Waals surface area contributed by atoms with E-state index in [1.165, 1.54) is 6.07 Å². The van der Waals surface area contributed by atoms with Crippen molar-refractivity contribution in [1.82, 2.24) is 4.90 Å². The van der Waals surface area contributed by atoms with Crippen molar-refractivity contribution in [3.05, 3.63) is 35.4 Å². The van der Waals surface area contributed by atoms with E-state index in [0.717, 1.165) is 17.9 Å². The first-order valence-electron chi connectivity index (χ1n) is 5.78. The molecule has 1 N–H and O–H groups in total. The molecule has 5 heteroatoms. The first kappa shape index (κ1) is 15.4. The molecule has 0 amide bonds. The fourth-order valence-corrected chi connectivity index (χ4v) is 2.48. The molecule has 0 spiro atoms. The molecule has 18 heavy (non-hydrogen) atoms. The number of aliphatic hydroxyl groups excluding tert-OH is 1. The number of nitrogens with zero attached hydrogens (tertiary/aromatic N) is 1. The second kappa shape index (κ2) is 7.07. The highest BCUT2D eigenvalue weighted by Crippen LogP contribution is 2.22. The van der Waals surface area contributed by atoms with E-state index in [2.05, 4.69) is 0 Å². The van der Waals surface area contributed by atoms with E-state index in [9.17, 15) is 13.9 Å². The van der Waals surface area contributed by atoms with Crippen molar-refractivity contribution in [3.8, 4) is 0 Å². The Kier molecular flexibility index (Phi) is 6.05. The third-order valence-electron chi connectivity index (χ3n) is 2.95. The van der Waals surface area contributed by atoms with Crippen LogP contribution in [0, 0.1) is 11.6 Å². The maximum atomic E-state index is 13.5. The summed E-state index contributed by atoms with van der Waals surface area (Å²) in [4.78, 5) is 1.90. The summed E-state index contributed by atoms with van der Waals surface area (Å²) in [7, 11) is 1.84. The van der Waals surface area contributed by atoms with Crippen molar-refractivity contribution in [2.24, 2.45) is 0 Å². The van der Waals surface area contributed by atoms with Crippen LogP contribution in [0.4, 0.5) is 8.78 Å². The summed E-state index contributed by atoms with van der Waals surface area (Å²) in [6.07, 6.45) is 0.845. The zero-order chi connectivity index (χ0) is 13.7. The molecular weight excluding hydrogens is 256 g/mol. The van der Waals surface area contributed by atoms with Crippen LogP contribution in [0.25, 0.3) is 0 Å². The lowest BCUT2D eigenvalue weighted by Crippen LogP contribution is -2.35. The molecular formula is C13H19F2NOS. The number of hydrogen-bond donors (Lipinski definition) is 1. The van der Waals surface area contributed by atoms with E-state index in [0.29, 0.717) is 0 Å². The van der Waals surface area contributed by atoms with Gasteiger partial charge in [0.25, 0.3) is 0 Å². The lowest BCUT2D eigenvalue weighted by Gasteiger charge is -2.26. The lowest BCUT2D eigenvalue weighted by atomic mass is 10.1. The highest BCUT2D eigenvalue weighted by atomic mass is 32.2. The van der Waals surface area contributed by atoms with Crippen LogP contribution < -0.4 is 0 Å². The van der Waals surface area contributed by atoms with Crippen LogP contribution in [-0.2, 0) is 0 Å². The molecule has 0 radical (unpaired) electrons. The molecule has 0 aromatic heterocycles. The number of hydrogen-bond acceptors (Lipinski definition) is 3. The molecule has 0 saturated carbocycles. The van der Waals surface area contributed by atoms with Gasteiger partial charge in [0.05, 0.1) is 11.7 Å². The molecule has 2 atom stereocenters. The minimum atomic E-state index is -1.15. The quantitative estimate of drug-likeness (QED) is 0.863. The number of rotatable bonds is 6. The Labute approximate surface area is 111 Å². The number of likely N-dealkylation sites (N-methyl/N-ethyl adjacent to an activating group) is 1. The molecule has 0 aliphatic heterocycles. The number of aliphatic hydroxyl groups is 1. The van der Waals surface area contributed by atoms with E-state index in [1.807, 2.05) is 25.1 Å². The molecule has 1 aromatic rings. The molecule has 2 unspecified atom stereocenters. The van der Waals surface area contributed by atoms with Crippen molar-refractivity contribution >= 4 is 11.8 Å². The highest BCUT2D eigenvalue weighted by Gasteiger charge is 2.20. The van der Waals surface area contributed by atoms with Crippen LogP contribution in [0.1, 0.15) is 18.6 Å². The summed E-state index contributed by atoms with van der Waals surface area (Å²) in [6, 6.07) is 3.85. The summed E-state index contributed by atoms with van der Waals surface area (Å²) in [6.45, 7) is 2.22. The van der Waals surface area contributed by atoms with Gasteiger partial charge in [-0.1, -0.05) is 6.07 Å². The molecule has 1 aromatic carbocycles. The topological polar surface area (TPSA) is 23.5 Å². The molecule has 102 valence electrons. The van der Waals surface area contributed by atoms with E-state index in [1.54, 1.807) is 11.8 Å². The molecule has 0 aliphatic rings. The second-order valence-electron chi connectivity index (χ2n) is 4.40. The summed E-state index contributed by atoms with van der Waals surface area (Å²) in [5.74, 6) is -0.495. The van der Waals surface area contributed by atoms with Crippen LogP contribution in [0.5, 0.6) is 0 Å². The van der Waals surface area contributed by atoms with Crippen LogP contribution >= 0.6 is 11.8 Å². The molecule has 0 fully saturated rings. The van der Waals surface area contributed by atoms with Crippen molar-refractivity contribution in [2.45, 2.75) is 19.1 Å².